The molecule has 1 amide bonds. The third-order valence-electron chi connectivity index (χ3n) is 5.43. The van der Waals surface area contributed by atoms with E-state index in [9.17, 15) is 18.0 Å². The molecule has 3 aromatic heterocycles. The summed E-state index contributed by atoms with van der Waals surface area (Å²) in [7, 11) is 0. The van der Waals surface area contributed by atoms with Crippen LogP contribution < -0.4 is 16.8 Å². The number of likely N-dealkylation sites (tertiary alicyclic amines) is 1. The number of nitrogen functional groups attached to an aromatic ring is 1. The number of anilines is 2. The van der Waals surface area contributed by atoms with Crippen LogP contribution in [0.4, 0.5) is 24.8 Å². The number of nitrogens with one attached hydrogen (secondary N) is 2. The molecule has 1 fully saturated rings. The van der Waals surface area contributed by atoms with Crippen molar-refractivity contribution in [2.24, 2.45) is 11.7 Å². The Morgan fingerprint density at radius 1 is 1.35 bits per heavy atom. The van der Waals surface area contributed by atoms with E-state index in [0.717, 1.165) is 12.3 Å². The maximum absolute atomic E-state index is 13.1. The first-order valence-electron chi connectivity index (χ1n) is 9.59. The molecule has 1 atom stereocenters. The number of carbonyl (C=O) groups is 1. The molecule has 164 valence electrons. The van der Waals surface area contributed by atoms with Gasteiger partial charge in [-0.15, -0.1) is 0 Å². The average Bonchev–Trinajstić information content (AvgIpc) is 3.10. The molecule has 0 radical (unpaired) electrons. The van der Waals surface area contributed by atoms with E-state index in [1.807, 2.05) is 6.92 Å². The second kappa shape index (κ2) is 7.69. The van der Waals surface area contributed by atoms with E-state index in [4.69, 9.17) is 11.5 Å². The zero-order valence-corrected chi connectivity index (χ0v) is 16.6. The van der Waals surface area contributed by atoms with Gasteiger partial charge in [-0.3, -0.25) is 4.79 Å². The zero-order valence-electron chi connectivity index (χ0n) is 16.6. The van der Waals surface area contributed by atoms with Crippen LogP contribution in [0.25, 0.3) is 22.3 Å². The van der Waals surface area contributed by atoms with E-state index < -0.39 is 11.7 Å². The lowest BCUT2D eigenvalue weighted by molar-refractivity contribution is -0.138. The quantitative estimate of drug-likeness (QED) is 0.480. The van der Waals surface area contributed by atoms with Gasteiger partial charge in [-0.2, -0.15) is 13.2 Å². The van der Waals surface area contributed by atoms with Gasteiger partial charge in [0.25, 0.3) is 0 Å². The summed E-state index contributed by atoms with van der Waals surface area (Å²) in [5, 5.41) is 3.44. The molecule has 0 aliphatic carbocycles. The highest BCUT2D eigenvalue weighted by atomic mass is 19.4. The number of pyridine rings is 1. The molecule has 31 heavy (non-hydrogen) atoms. The van der Waals surface area contributed by atoms with Crippen molar-refractivity contribution in [3.8, 4) is 11.3 Å². The number of aromatic nitrogens is 4. The summed E-state index contributed by atoms with van der Waals surface area (Å²) in [6, 6.07) is 0.975. The van der Waals surface area contributed by atoms with Crippen LogP contribution in [0.3, 0.4) is 0 Å². The summed E-state index contributed by atoms with van der Waals surface area (Å²) < 4.78 is 39.3. The lowest BCUT2D eigenvalue weighted by atomic mass is 9.92. The van der Waals surface area contributed by atoms with Crippen molar-refractivity contribution in [2.45, 2.75) is 19.1 Å². The average molecular weight is 434 g/mol. The fourth-order valence-corrected chi connectivity index (χ4v) is 3.51. The standard InChI is InChI=1S/C19H21F3N8O/c1-9(10-7-30(8-10)15(31)3-23)28-18-27-6-14(24)16(29-18)13-5-26-17-12(13)2-11(4-25-17)19(20,21)22/h2,4-6,9-10H,3,7-8,23-24H2,1H3,(H,25,26)(H,27,28,29). The molecule has 1 aliphatic heterocycles. The molecular weight excluding hydrogens is 413 g/mol. The highest BCUT2D eigenvalue weighted by Crippen LogP contribution is 2.35. The number of fused-ring (bicyclic) bond motifs is 1. The van der Waals surface area contributed by atoms with Crippen molar-refractivity contribution in [3.05, 3.63) is 30.2 Å². The van der Waals surface area contributed by atoms with Crippen LogP contribution in [0.15, 0.2) is 24.7 Å². The summed E-state index contributed by atoms with van der Waals surface area (Å²) in [6.45, 7) is 3.09. The minimum atomic E-state index is -4.52. The molecule has 0 bridgehead atoms. The van der Waals surface area contributed by atoms with Gasteiger partial charge in [0.05, 0.1) is 24.0 Å². The van der Waals surface area contributed by atoms with E-state index in [2.05, 4.69) is 25.3 Å². The van der Waals surface area contributed by atoms with Crippen LogP contribution in [0.2, 0.25) is 0 Å². The molecule has 4 heterocycles. The first-order valence-corrected chi connectivity index (χ1v) is 9.59. The molecular formula is C19H21F3N8O. The number of nitrogens with two attached hydrogens (primary N) is 2. The Morgan fingerprint density at radius 3 is 2.77 bits per heavy atom. The van der Waals surface area contributed by atoms with E-state index in [1.165, 1.54) is 12.4 Å². The number of H-pyrrole nitrogens is 1. The second-order valence-corrected chi connectivity index (χ2v) is 7.51. The number of hydrogen-bond donors (Lipinski definition) is 4. The molecule has 0 saturated carbocycles. The SMILES string of the molecule is CC(Nc1ncc(N)c(-c2c[nH]c3ncc(C(F)(F)F)cc23)n1)C1CN(C(=O)CN)C1. The summed E-state index contributed by atoms with van der Waals surface area (Å²) in [6.07, 6.45) is -0.816. The monoisotopic (exact) mass is 434 g/mol. The van der Waals surface area contributed by atoms with Crippen molar-refractivity contribution >= 4 is 28.6 Å². The van der Waals surface area contributed by atoms with E-state index >= 15 is 0 Å². The summed E-state index contributed by atoms with van der Waals surface area (Å²) >= 11 is 0. The van der Waals surface area contributed by atoms with Crippen LogP contribution >= 0.6 is 0 Å². The Balaban J connectivity index is 1.58. The molecule has 1 aliphatic rings. The number of halogens is 3. The summed E-state index contributed by atoms with van der Waals surface area (Å²) in [5.74, 6) is 0.391. The van der Waals surface area contributed by atoms with E-state index in [0.29, 0.717) is 30.0 Å². The third-order valence-corrected chi connectivity index (χ3v) is 5.43. The van der Waals surface area contributed by atoms with Crippen LogP contribution in [0.1, 0.15) is 12.5 Å². The van der Waals surface area contributed by atoms with Gasteiger partial charge in [-0.25, -0.2) is 15.0 Å². The van der Waals surface area contributed by atoms with Gasteiger partial charge < -0.3 is 26.7 Å². The van der Waals surface area contributed by atoms with Gasteiger partial charge in [0.2, 0.25) is 11.9 Å². The highest BCUT2D eigenvalue weighted by molar-refractivity contribution is 5.95. The second-order valence-electron chi connectivity index (χ2n) is 7.51. The summed E-state index contributed by atoms with van der Waals surface area (Å²) in [4.78, 5) is 28.6. The molecule has 3 aromatic rings. The number of nitrogens with zero attached hydrogens (tertiary/aromatic N) is 4. The van der Waals surface area contributed by atoms with Crippen LogP contribution in [-0.4, -0.2) is 56.4 Å². The Morgan fingerprint density at radius 2 is 2.10 bits per heavy atom. The lowest BCUT2D eigenvalue weighted by Gasteiger charge is -2.42. The summed E-state index contributed by atoms with van der Waals surface area (Å²) in [5.41, 5.74) is 11.7. The normalized spacial score (nSPS) is 15.7. The van der Waals surface area contributed by atoms with Crippen molar-refractivity contribution in [1.29, 1.82) is 0 Å². The third kappa shape index (κ3) is 3.98. The minimum Gasteiger partial charge on any atom is -0.396 e. The Kier molecular flexibility index (Phi) is 5.17. The molecule has 1 unspecified atom stereocenters. The fraction of sp³-hybridized carbons (Fsp3) is 0.368. The molecule has 6 N–H and O–H groups in total. The first kappa shape index (κ1) is 20.8. The van der Waals surface area contributed by atoms with Gasteiger partial charge in [-0.1, -0.05) is 0 Å². The van der Waals surface area contributed by atoms with E-state index in [-0.39, 0.29) is 41.4 Å². The minimum absolute atomic E-state index is 0.0194. The number of amides is 1. The number of alkyl halides is 3. The van der Waals surface area contributed by atoms with Crippen molar-refractivity contribution in [1.82, 2.24) is 24.8 Å². The topological polar surface area (TPSA) is 139 Å². The maximum Gasteiger partial charge on any atom is 0.417 e. The fourth-order valence-electron chi connectivity index (χ4n) is 3.51. The Bertz CT molecular complexity index is 1120. The lowest BCUT2D eigenvalue weighted by Crippen LogP contribution is -2.56. The zero-order chi connectivity index (χ0) is 22.3. The molecule has 4 rings (SSSR count). The van der Waals surface area contributed by atoms with Gasteiger partial charge in [0.15, 0.2) is 0 Å². The molecule has 12 heteroatoms. The molecule has 1 saturated heterocycles. The van der Waals surface area contributed by atoms with Crippen LogP contribution in [-0.2, 0) is 11.0 Å². The van der Waals surface area contributed by atoms with Crippen molar-refractivity contribution in [3.63, 3.8) is 0 Å². The Labute approximate surface area is 175 Å². The first-order chi connectivity index (χ1) is 14.7. The maximum atomic E-state index is 13.1. The van der Waals surface area contributed by atoms with Gasteiger partial charge in [0.1, 0.15) is 11.3 Å². The predicted molar refractivity (Wildman–Crippen MR) is 109 cm³/mol. The Hall–Kier alpha value is -3.41. The molecule has 0 aromatic carbocycles. The number of rotatable bonds is 5. The van der Waals surface area contributed by atoms with Gasteiger partial charge in [0, 0.05) is 48.4 Å². The number of hydrogen-bond acceptors (Lipinski definition) is 7. The highest BCUT2D eigenvalue weighted by Gasteiger charge is 2.34. The van der Waals surface area contributed by atoms with Crippen molar-refractivity contribution in [2.75, 3.05) is 30.7 Å². The molecule has 0 spiro atoms. The van der Waals surface area contributed by atoms with Gasteiger partial charge in [-0.05, 0) is 13.0 Å². The van der Waals surface area contributed by atoms with Crippen LogP contribution in [0, 0.1) is 5.92 Å². The largest absolute Gasteiger partial charge is 0.417 e. The van der Waals surface area contributed by atoms with Crippen molar-refractivity contribution < 1.29 is 18.0 Å². The molecule has 9 nitrogen and oxygen atoms in total. The predicted octanol–water partition coefficient (Wildman–Crippen LogP) is 1.84. The van der Waals surface area contributed by atoms with Gasteiger partial charge >= 0.3 is 6.18 Å². The number of aromatic amines is 1. The van der Waals surface area contributed by atoms with Crippen LogP contribution in [0.5, 0.6) is 0 Å². The van der Waals surface area contributed by atoms with E-state index in [1.54, 1.807) is 4.90 Å². The number of carbonyl (C=O) groups excluding carboxylic acids is 1. The smallest absolute Gasteiger partial charge is 0.396 e.